The first-order valence-corrected chi connectivity index (χ1v) is 10.6. The second-order valence-corrected chi connectivity index (χ2v) is 7.76. The van der Waals surface area contributed by atoms with Gasteiger partial charge in [-0.3, -0.25) is 9.59 Å². The Morgan fingerprint density at radius 3 is 2.53 bits per heavy atom. The topological polar surface area (TPSA) is 88.9 Å². The van der Waals surface area contributed by atoms with Crippen molar-refractivity contribution in [2.75, 3.05) is 24.7 Å². The number of halogens is 1. The van der Waals surface area contributed by atoms with Crippen molar-refractivity contribution in [3.8, 4) is 0 Å². The average Bonchev–Trinajstić information content (AvgIpc) is 3.30. The molecule has 0 atom stereocenters. The number of hydrogen-bond acceptors (Lipinski definition) is 6. The molecule has 2 amide bonds. The Labute approximate surface area is 188 Å². The predicted octanol–water partition coefficient (Wildman–Crippen LogP) is 3.96. The number of furan rings is 1. The number of hydrogen-bond donors (Lipinski definition) is 1. The number of esters is 1. The van der Waals surface area contributed by atoms with Crippen molar-refractivity contribution in [2.24, 2.45) is 0 Å². The van der Waals surface area contributed by atoms with Crippen LogP contribution in [0.1, 0.15) is 16.1 Å². The molecule has 3 aromatic rings. The minimum Gasteiger partial charge on any atom is -0.467 e. The fraction of sp³-hybridized carbons (Fsp3) is 0.174. The van der Waals surface area contributed by atoms with E-state index in [1.165, 1.54) is 35.4 Å². The van der Waals surface area contributed by atoms with Crippen molar-refractivity contribution >= 4 is 35.2 Å². The minimum atomic E-state index is -0.660. The Morgan fingerprint density at radius 1 is 1.06 bits per heavy atom. The third kappa shape index (κ3) is 6.71. The molecule has 166 valence electrons. The maximum Gasteiger partial charge on any atom is 0.339 e. The van der Waals surface area contributed by atoms with Crippen LogP contribution >= 0.6 is 11.8 Å². The van der Waals surface area contributed by atoms with Crippen LogP contribution < -0.4 is 5.32 Å². The normalized spacial score (nSPS) is 10.4. The number of thioether (sulfide) groups is 1. The summed E-state index contributed by atoms with van der Waals surface area (Å²) in [4.78, 5) is 38.9. The molecule has 0 saturated carbocycles. The zero-order valence-electron chi connectivity index (χ0n) is 17.2. The zero-order chi connectivity index (χ0) is 22.9. The van der Waals surface area contributed by atoms with Gasteiger partial charge in [0.05, 0.1) is 24.1 Å². The number of carbonyl (C=O) groups is 3. The maximum atomic E-state index is 13.0. The molecule has 0 spiro atoms. The van der Waals surface area contributed by atoms with E-state index in [4.69, 9.17) is 9.15 Å². The van der Waals surface area contributed by atoms with E-state index in [1.54, 1.807) is 43.4 Å². The quantitative estimate of drug-likeness (QED) is 0.387. The fourth-order valence-electron chi connectivity index (χ4n) is 2.67. The van der Waals surface area contributed by atoms with Gasteiger partial charge in [-0.05, 0) is 48.5 Å². The predicted molar refractivity (Wildman–Crippen MR) is 118 cm³/mol. The summed E-state index contributed by atoms with van der Waals surface area (Å²) >= 11 is 1.15. The van der Waals surface area contributed by atoms with Gasteiger partial charge in [0.25, 0.3) is 5.91 Å². The van der Waals surface area contributed by atoms with Gasteiger partial charge in [-0.15, -0.1) is 11.8 Å². The smallest absolute Gasteiger partial charge is 0.339 e. The highest BCUT2D eigenvalue weighted by Crippen LogP contribution is 2.24. The SMILES string of the molecule is CN(Cc1ccco1)C(=O)COC(=O)c1ccccc1SCC(=O)Nc1ccc(F)cc1. The van der Waals surface area contributed by atoms with Crippen LogP contribution in [0.2, 0.25) is 0 Å². The van der Waals surface area contributed by atoms with Crippen molar-refractivity contribution in [3.05, 3.63) is 84.1 Å². The molecule has 32 heavy (non-hydrogen) atoms. The van der Waals surface area contributed by atoms with Gasteiger partial charge in [0, 0.05) is 17.6 Å². The number of nitrogens with zero attached hydrogens (tertiary/aromatic N) is 1. The number of ether oxygens (including phenoxy) is 1. The molecule has 0 aliphatic heterocycles. The Bertz CT molecular complexity index is 1070. The molecule has 1 heterocycles. The lowest BCUT2D eigenvalue weighted by Gasteiger charge is -2.16. The number of nitrogens with one attached hydrogen (secondary N) is 1. The molecule has 0 unspecified atom stereocenters. The van der Waals surface area contributed by atoms with Gasteiger partial charge in [0.15, 0.2) is 6.61 Å². The molecule has 2 aromatic carbocycles. The van der Waals surface area contributed by atoms with Gasteiger partial charge >= 0.3 is 5.97 Å². The number of rotatable bonds is 9. The Morgan fingerprint density at radius 2 is 1.81 bits per heavy atom. The van der Waals surface area contributed by atoms with Crippen LogP contribution in [0.15, 0.2) is 76.2 Å². The van der Waals surface area contributed by atoms with Crippen LogP contribution in [0, 0.1) is 5.82 Å². The standard InChI is InChI=1S/C23H21FN2O5S/c1-26(13-18-5-4-12-30-18)22(28)14-31-23(29)19-6-2-3-7-20(19)32-15-21(27)25-17-10-8-16(24)9-11-17/h2-12H,13-15H2,1H3,(H,25,27). The molecule has 1 N–H and O–H groups in total. The van der Waals surface area contributed by atoms with Crippen molar-refractivity contribution in [3.63, 3.8) is 0 Å². The number of likely N-dealkylation sites (N-methyl/N-ethyl adjacent to an activating group) is 1. The Kier molecular flexibility index (Phi) is 8.04. The fourth-order valence-corrected chi connectivity index (χ4v) is 3.51. The van der Waals surface area contributed by atoms with Crippen LogP contribution in [-0.2, 0) is 20.9 Å². The molecular weight excluding hydrogens is 435 g/mol. The van der Waals surface area contributed by atoms with Gasteiger partial charge in [-0.2, -0.15) is 0 Å². The zero-order valence-corrected chi connectivity index (χ0v) is 18.1. The van der Waals surface area contributed by atoms with E-state index in [1.807, 2.05) is 0 Å². The summed E-state index contributed by atoms with van der Waals surface area (Å²) in [5.74, 6) is -1.08. The third-order valence-electron chi connectivity index (χ3n) is 4.32. The Balaban J connectivity index is 1.52. The summed E-state index contributed by atoms with van der Waals surface area (Å²) in [6.07, 6.45) is 1.52. The Hall–Kier alpha value is -3.59. The van der Waals surface area contributed by atoms with Crippen LogP contribution in [0.25, 0.3) is 0 Å². The monoisotopic (exact) mass is 456 g/mol. The van der Waals surface area contributed by atoms with E-state index in [9.17, 15) is 18.8 Å². The highest BCUT2D eigenvalue weighted by molar-refractivity contribution is 8.00. The van der Waals surface area contributed by atoms with Gasteiger partial charge in [0.1, 0.15) is 11.6 Å². The second kappa shape index (κ2) is 11.1. The molecule has 3 rings (SSSR count). The van der Waals surface area contributed by atoms with E-state index in [2.05, 4.69) is 5.32 Å². The number of amides is 2. The second-order valence-electron chi connectivity index (χ2n) is 6.75. The molecule has 1 aromatic heterocycles. The lowest BCUT2D eigenvalue weighted by Crippen LogP contribution is -2.30. The third-order valence-corrected chi connectivity index (χ3v) is 5.39. The summed E-state index contributed by atoms with van der Waals surface area (Å²) in [5.41, 5.74) is 0.732. The summed E-state index contributed by atoms with van der Waals surface area (Å²) in [7, 11) is 1.59. The van der Waals surface area contributed by atoms with Crippen molar-refractivity contribution in [1.82, 2.24) is 4.90 Å². The van der Waals surface area contributed by atoms with Crippen LogP contribution in [0.4, 0.5) is 10.1 Å². The van der Waals surface area contributed by atoms with E-state index >= 15 is 0 Å². The van der Waals surface area contributed by atoms with Crippen LogP contribution in [0.5, 0.6) is 0 Å². The first-order chi connectivity index (χ1) is 15.4. The van der Waals surface area contributed by atoms with Crippen LogP contribution in [-0.4, -0.2) is 42.1 Å². The van der Waals surface area contributed by atoms with Gasteiger partial charge in [-0.25, -0.2) is 9.18 Å². The van der Waals surface area contributed by atoms with Crippen molar-refractivity contribution in [1.29, 1.82) is 0 Å². The lowest BCUT2D eigenvalue weighted by molar-refractivity contribution is -0.134. The largest absolute Gasteiger partial charge is 0.467 e. The van der Waals surface area contributed by atoms with Gasteiger partial charge < -0.3 is 19.4 Å². The molecule has 7 nitrogen and oxygen atoms in total. The molecule has 0 saturated heterocycles. The van der Waals surface area contributed by atoms with Crippen molar-refractivity contribution < 1.29 is 27.9 Å². The first kappa shape index (κ1) is 23.1. The summed E-state index contributed by atoms with van der Waals surface area (Å²) in [6, 6.07) is 15.6. The maximum absolute atomic E-state index is 13.0. The summed E-state index contributed by atoms with van der Waals surface area (Å²) < 4.78 is 23.3. The summed E-state index contributed by atoms with van der Waals surface area (Å²) in [5, 5.41) is 2.66. The number of benzene rings is 2. The molecule has 0 fully saturated rings. The first-order valence-electron chi connectivity index (χ1n) is 9.63. The van der Waals surface area contributed by atoms with Crippen molar-refractivity contribution in [2.45, 2.75) is 11.4 Å². The lowest BCUT2D eigenvalue weighted by atomic mass is 10.2. The van der Waals surface area contributed by atoms with Gasteiger partial charge in [-0.1, -0.05) is 12.1 Å². The van der Waals surface area contributed by atoms with E-state index in [-0.39, 0.29) is 29.7 Å². The molecule has 0 radical (unpaired) electrons. The molecule has 0 aliphatic carbocycles. The van der Waals surface area contributed by atoms with E-state index in [0.717, 1.165) is 11.8 Å². The summed E-state index contributed by atoms with van der Waals surface area (Å²) in [6.45, 7) is -0.154. The molecule has 0 aliphatic rings. The molecule has 0 bridgehead atoms. The highest BCUT2D eigenvalue weighted by Gasteiger charge is 2.18. The van der Waals surface area contributed by atoms with E-state index < -0.39 is 18.4 Å². The average molecular weight is 456 g/mol. The van der Waals surface area contributed by atoms with E-state index in [0.29, 0.717) is 16.3 Å². The number of anilines is 1. The molecular formula is C23H21FN2O5S. The van der Waals surface area contributed by atoms with Crippen LogP contribution in [0.3, 0.4) is 0 Å². The minimum absolute atomic E-state index is 0.0342. The van der Waals surface area contributed by atoms with Gasteiger partial charge in [0.2, 0.25) is 5.91 Å². The highest BCUT2D eigenvalue weighted by atomic mass is 32.2. The number of carbonyl (C=O) groups excluding carboxylic acids is 3. The molecule has 9 heteroatoms.